The summed E-state index contributed by atoms with van der Waals surface area (Å²) in [5.74, 6) is 0.254. The highest BCUT2D eigenvalue weighted by Gasteiger charge is 2.30. The van der Waals surface area contributed by atoms with Gasteiger partial charge < -0.3 is 14.8 Å². The molecule has 0 unspecified atom stereocenters. The van der Waals surface area contributed by atoms with Gasteiger partial charge in [-0.25, -0.2) is 0 Å². The van der Waals surface area contributed by atoms with E-state index in [1.165, 1.54) is 23.9 Å². The molecule has 0 aliphatic rings. The Kier molecular flexibility index (Phi) is 6.89. The summed E-state index contributed by atoms with van der Waals surface area (Å²) in [5.41, 5.74) is 1.21. The third kappa shape index (κ3) is 5.57. The Morgan fingerprint density at radius 1 is 1.13 bits per heavy atom. The molecule has 2 aromatic carbocycles. The zero-order valence-electron chi connectivity index (χ0n) is 17.3. The molecule has 0 fully saturated rings. The molecule has 10 heteroatoms. The summed E-state index contributed by atoms with van der Waals surface area (Å²) in [7, 11) is 3.90. The van der Waals surface area contributed by atoms with Gasteiger partial charge in [0, 0.05) is 37.6 Å². The summed E-state index contributed by atoms with van der Waals surface area (Å²) in [6.07, 6.45) is -4.46. The molecule has 0 saturated heterocycles. The third-order valence-corrected chi connectivity index (χ3v) is 5.43. The minimum Gasteiger partial charge on any atom is -0.378 e. The van der Waals surface area contributed by atoms with Crippen LogP contribution in [0.2, 0.25) is 0 Å². The Balaban J connectivity index is 1.70. The number of benzene rings is 2. The van der Waals surface area contributed by atoms with Crippen molar-refractivity contribution in [2.75, 3.05) is 30.1 Å². The molecule has 0 aliphatic heterocycles. The number of hydrogen-bond acceptors (Lipinski definition) is 5. The zero-order valence-corrected chi connectivity index (χ0v) is 18.1. The Morgan fingerprint density at radius 2 is 1.87 bits per heavy atom. The van der Waals surface area contributed by atoms with Gasteiger partial charge in [0.2, 0.25) is 5.91 Å². The molecule has 3 aromatic rings. The third-order valence-electron chi connectivity index (χ3n) is 4.46. The number of thioether (sulfide) groups is 1. The van der Waals surface area contributed by atoms with E-state index in [2.05, 4.69) is 15.5 Å². The summed E-state index contributed by atoms with van der Waals surface area (Å²) in [4.78, 5) is 14.3. The van der Waals surface area contributed by atoms with Crippen molar-refractivity contribution in [3.05, 3.63) is 54.1 Å². The van der Waals surface area contributed by atoms with E-state index in [1.807, 2.05) is 54.8 Å². The van der Waals surface area contributed by atoms with Crippen LogP contribution < -0.4 is 10.2 Å². The molecule has 164 valence electrons. The van der Waals surface area contributed by atoms with Gasteiger partial charge in [-0.1, -0.05) is 30.0 Å². The van der Waals surface area contributed by atoms with E-state index in [4.69, 9.17) is 0 Å². The molecular formula is C21H22F3N5OS. The van der Waals surface area contributed by atoms with E-state index in [1.54, 1.807) is 0 Å². The summed E-state index contributed by atoms with van der Waals surface area (Å²) in [5, 5.41) is 11.5. The first kappa shape index (κ1) is 22.7. The Labute approximate surface area is 182 Å². The Hall–Kier alpha value is -3.01. The molecule has 0 bridgehead atoms. The number of rotatable bonds is 7. The maximum absolute atomic E-state index is 12.8. The summed E-state index contributed by atoms with van der Waals surface area (Å²) < 4.78 is 40.4. The summed E-state index contributed by atoms with van der Waals surface area (Å²) in [6, 6.07) is 12.4. The lowest BCUT2D eigenvalue weighted by Crippen LogP contribution is -2.15. The van der Waals surface area contributed by atoms with Crippen molar-refractivity contribution in [2.24, 2.45) is 0 Å². The number of anilines is 2. The second kappa shape index (κ2) is 9.42. The molecular weight excluding hydrogens is 427 g/mol. The number of nitrogens with one attached hydrogen (secondary N) is 1. The van der Waals surface area contributed by atoms with Gasteiger partial charge in [0.15, 0.2) is 11.0 Å². The van der Waals surface area contributed by atoms with Gasteiger partial charge in [0.1, 0.15) is 0 Å². The predicted octanol–water partition coefficient (Wildman–Crippen LogP) is 4.78. The fourth-order valence-corrected chi connectivity index (χ4v) is 3.72. The van der Waals surface area contributed by atoms with Gasteiger partial charge in [-0.3, -0.25) is 4.79 Å². The second-order valence-corrected chi connectivity index (χ2v) is 7.85. The van der Waals surface area contributed by atoms with E-state index in [0.717, 1.165) is 23.4 Å². The Bertz CT molecular complexity index is 1070. The molecule has 1 aromatic heterocycles. The number of alkyl halides is 3. The maximum Gasteiger partial charge on any atom is 0.416 e. The first-order valence-corrected chi connectivity index (χ1v) is 10.5. The minimum absolute atomic E-state index is 0.00782. The van der Waals surface area contributed by atoms with Crippen molar-refractivity contribution in [3.63, 3.8) is 0 Å². The van der Waals surface area contributed by atoms with E-state index >= 15 is 0 Å². The molecule has 0 radical (unpaired) electrons. The lowest BCUT2D eigenvalue weighted by molar-refractivity contribution is -0.137. The van der Waals surface area contributed by atoms with Crippen molar-refractivity contribution in [1.29, 1.82) is 0 Å². The molecule has 31 heavy (non-hydrogen) atoms. The Morgan fingerprint density at radius 3 is 2.55 bits per heavy atom. The van der Waals surface area contributed by atoms with Crippen LogP contribution >= 0.6 is 11.8 Å². The highest BCUT2D eigenvalue weighted by molar-refractivity contribution is 7.99. The predicted molar refractivity (Wildman–Crippen MR) is 116 cm³/mol. The monoisotopic (exact) mass is 449 g/mol. The van der Waals surface area contributed by atoms with Crippen molar-refractivity contribution in [3.8, 4) is 11.4 Å². The molecule has 0 saturated carbocycles. The minimum atomic E-state index is -4.46. The fraction of sp³-hybridized carbons (Fsp3) is 0.286. The molecule has 1 N–H and O–H groups in total. The highest BCUT2D eigenvalue weighted by Crippen LogP contribution is 2.31. The van der Waals surface area contributed by atoms with Crippen LogP contribution in [-0.4, -0.2) is 40.5 Å². The number of nitrogens with zero attached hydrogens (tertiary/aromatic N) is 4. The van der Waals surface area contributed by atoms with Crippen molar-refractivity contribution in [1.82, 2.24) is 14.8 Å². The van der Waals surface area contributed by atoms with Crippen molar-refractivity contribution >= 4 is 29.0 Å². The molecule has 6 nitrogen and oxygen atoms in total. The number of carbonyl (C=O) groups is 1. The quantitative estimate of drug-likeness (QED) is 0.526. The maximum atomic E-state index is 12.8. The SMILES string of the molecule is CCn1c(SCC(=O)Nc2cccc(C(F)(F)F)c2)nnc1-c1cccc(N(C)C)c1. The lowest BCUT2D eigenvalue weighted by atomic mass is 10.2. The van der Waals surface area contributed by atoms with Crippen molar-refractivity contribution in [2.45, 2.75) is 24.8 Å². The number of halogens is 3. The van der Waals surface area contributed by atoms with Gasteiger partial charge in [-0.05, 0) is 37.3 Å². The smallest absolute Gasteiger partial charge is 0.378 e. The van der Waals surface area contributed by atoms with Crippen LogP contribution in [0, 0.1) is 0 Å². The topological polar surface area (TPSA) is 63.1 Å². The largest absolute Gasteiger partial charge is 0.416 e. The lowest BCUT2D eigenvalue weighted by Gasteiger charge is -2.14. The molecule has 0 spiro atoms. The highest BCUT2D eigenvalue weighted by atomic mass is 32.2. The zero-order chi connectivity index (χ0) is 22.6. The van der Waals surface area contributed by atoms with Crippen LogP contribution in [0.1, 0.15) is 12.5 Å². The van der Waals surface area contributed by atoms with Crippen LogP contribution in [0.4, 0.5) is 24.5 Å². The molecule has 1 amide bonds. The average molecular weight is 450 g/mol. The van der Waals surface area contributed by atoms with Crippen LogP contribution in [0.15, 0.2) is 53.7 Å². The second-order valence-electron chi connectivity index (χ2n) is 6.91. The van der Waals surface area contributed by atoms with Gasteiger partial charge in [-0.2, -0.15) is 13.2 Å². The van der Waals surface area contributed by atoms with Gasteiger partial charge in [0.25, 0.3) is 0 Å². The van der Waals surface area contributed by atoms with Gasteiger partial charge in [-0.15, -0.1) is 10.2 Å². The molecule has 1 heterocycles. The van der Waals surface area contributed by atoms with Crippen LogP contribution in [0.5, 0.6) is 0 Å². The number of carbonyl (C=O) groups excluding carboxylic acids is 1. The summed E-state index contributed by atoms with van der Waals surface area (Å²) in [6.45, 7) is 2.56. The molecule has 0 aliphatic carbocycles. The van der Waals surface area contributed by atoms with Crippen molar-refractivity contribution < 1.29 is 18.0 Å². The van der Waals surface area contributed by atoms with Gasteiger partial charge in [0.05, 0.1) is 11.3 Å². The van der Waals surface area contributed by atoms with Crippen LogP contribution in [-0.2, 0) is 17.5 Å². The van der Waals surface area contributed by atoms with E-state index in [0.29, 0.717) is 17.5 Å². The molecule has 0 atom stereocenters. The number of hydrogen-bond donors (Lipinski definition) is 1. The van der Waals surface area contributed by atoms with E-state index < -0.39 is 17.6 Å². The van der Waals surface area contributed by atoms with Crippen LogP contribution in [0.25, 0.3) is 11.4 Å². The number of amides is 1. The average Bonchev–Trinajstić information content (AvgIpc) is 3.15. The van der Waals surface area contributed by atoms with Gasteiger partial charge >= 0.3 is 6.18 Å². The summed E-state index contributed by atoms with van der Waals surface area (Å²) >= 11 is 1.18. The van der Waals surface area contributed by atoms with E-state index in [-0.39, 0.29) is 11.4 Å². The normalized spacial score (nSPS) is 11.4. The number of aromatic nitrogens is 3. The first-order chi connectivity index (χ1) is 14.7. The van der Waals surface area contributed by atoms with E-state index in [9.17, 15) is 18.0 Å². The van der Waals surface area contributed by atoms with Crippen LogP contribution in [0.3, 0.4) is 0 Å². The first-order valence-electron chi connectivity index (χ1n) is 9.50. The standard InChI is InChI=1S/C21H22F3N5OS/c1-4-29-19(14-7-5-10-17(11-14)28(2)3)26-27-20(29)31-13-18(30)25-16-9-6-8-15(12-16)21(22,23)24/h5-12H,4,13H2,1-3H3,(H,25,30). The fourth-order valence-electron chi connectivity index (χ4n) is 2.92. The molecule has 3 rings (SSSR count).